The Labute approximate surface area is 505 Å². The Morgan fingerprint density at radius 2 is 0.831 bits per heavy atom. The molecule has 83 heavy (non-hydrogen) atoms. The molecule has 0 aliphatic carbocycles. The highest BCUT2D eigenvalue weighted by Crippen LogP contribution is 2.46. The third kappa shape index (κ3) is 12.2. The molecule has 0 spiro atoms. The maximum Gasteiger partial charge on any atom is 0.173 e. The molecule has 2 N–H and O–H groups in total. The van der Waals surface area contributed by atoms with Crippen LogP contribution < -0.4 is 5.73 Å². The van der Waals surface area contributed by atoms with Crippen molar-refractivity contribution in [3.63, 3.8) is 0 Å². The van der Waals surface area contributed by atoms with Gasteiger partial charge in [-0.2, -0.15) is 0 Å². The fourth-order valence-corrected chi connectivity index (χ4v) is 11.2. The van der Waals surface area contributed by atoms with Gasteiger partial charge in [0.1, 0.15) is 17.1 Å². The van der Waals surface area contributed by atoms with Gasteiger partial charge in [0.25, 0.3) is 0 Å². The summed E-state index contributed by atoms with van der Waals surface area (Å²) < 4.78 is 6.17. The van der Waals surface area contributed by atoms with Gasteiger partial charge >= 0.3 is 0 Å². The number of ketones is 1. The average molecular weight is 1270 g/mol. The number of hydrogen-bond acceptors (Lipinski definition) is 5. The van der Waals surface area contributed by atoms with Crippen LogP contribution in [0.25, 0.3) is 110 Å². The second-order valence-corrected chi connectivity index (χ2v) is 22.2. The molecular weight excluding hydrogens is 1220 g/mol. The maximum absolute atomic E-state index is 11.1. The van der Waals surface area contributed by atoms with E-state index in [1.165, 1.54) is 76.5 Å². The number of Topliss-reactive ketones (excluding diaryl/α,β-unsaturated/α-hetero) is 1. The van der Waals surface area contributed by atoms with Gasteiger partial charge in [-0.15, -0.1) is 0 Å². The number of benzene rings is 10. The standard InChI is InChI=1S/C47H30N2.C13H9BrN2.C8H6Br2O.C5H6N2/c1-3-11-35-27-38(22-18-31(35)9-1)46-40-13-5-6-14-41(40)47(39-23-19-32-10-2-4-12-36(32)28-39)43-29-37(24-25-42(43)46)33-16-20-34(21-17-33)44-30-49-26-8-7-15-45(49)48-44;14-11-6-4-10(5-7-11)12-9-16-8-2-1-3-13(16)15-12;9-5-8(11)6-1-3-7(10)4-2-6;6-5-3-1-2-4-7-5/h1-30H;1-9H;1-4H,5H2;1-4H,(H2,6,7). The largest absolute Gasteiger partial charge is 0.384 e. The maximum atomic E-state index is 11.1. The average Bonchev–Trinajstić information content (AvgIpc) is 3.24. The number of carbonyl (C=O) groups excluding carboxylic acids is 1. The number of anilines is 1. The van der Waals surface area contributed by atoms with E-state index in [-0.39, 0.29) is 5.78 Å². The van der Waals surface area contributed by atoms with Gasteiger partial charge in [-0.3, -0.25) is 4.79 Å². The highest BCUT2D eigenvalue weighted by molar-refractivity contribution is 9.10. The van der Waals surface area contributed by atoms with Crippen molar-refractivity contribution in [3.05, 3.63) is 300 Å². The molecule has 0 saturated carbocycles. The quantitative estimate of drug-likeness (QED) is 0.0975. The molecule has 15 aromatic rings. The van der Waals surface area contributed by atoms with Crippen LogP contribution >= 0.6 is 47.8 Å². The van der Waals surface area contributed by atoms with Crippen LogP contribution in [0.1, 0.15) is 10.4 Å². The molecule has 7 nitrogen and oxygen atoms in total. The molecule has 5 heterocycles. The van der Waals surface area contributed by atoms with Gasteiger partial charge in [-0.25, -0.2) is 15.0 Å². The van der Waals surface area contributed by atoms with E-state index in [1.54, 1.807) is 24.4 Å². The molecule has 10 heteroatoms. The number of imidazole rings is 2. The van der Waals surface area contributed by atoms with Gasteiger partial charge in [-0.1, -0.05) is 224 Å². The zero-order valence-electron chi connectivity index (χ0n) is 44.7. The summed E-state index contributed by atoms with van der Waals surface area (Å²) in [6, 6.07) is 88.8. The topological polar surface area (TPSA) is 90.6 Å². The fraction of sp³-hybridized carbons (Fsp3) is 0.0137. The van der Waals surface area contributed by atoms with E-state index in [4.69, 9.17) is 10.7 Å². The lowest BCUT2D eigenvalue weighted by Gasteiger charge is -2.19. The summed E-state index contributed by atoms with van der Waals surface area (Å²) in [7, 11) is 0. The van der Waals surface area contributed by atoms with Crippen molar-refractivity contribution in [2.24, 2.45) is 0 Å². The van der Waals surface area contributed by atoms with Gasteiger partial charge in [0.15, 0.2) is 5.78 Å². The van der Waals surface area contributed by atoms with Crippen molar-refractivity contribution in [1.29, 1.82) is 0 Å². The van der Waals surface area contributed by atoms with E-state index in [1.807, 2.05) is 95.8 Å². The van der Waals surface area contributed by atoms with Crippen molar-refractivity contribution in [1.82, 2.24) is 23.8 Å². The minimum Gasteiger partial charge on any atom is -0.384 e. The predicted molar refractivity (Wildman–Crippen MR) is 356 cm³/mol. The van der Waals surface area contributed by atoms with Crippen LogP contribution in [-0.4, -0.2) is 34.9 Å². The fourth-order valence-electron chi connectivity index (χ4n) is 10.4. The molecule has 10 aromatic carbocycles. The summed E-state index contributed by atoms with van der Waals surface area (Å²) >= 11 is 9.83. The lowest BCUT2D eigenvalue weighted by Crippen LogP contribution is -1.98. The lowest BCUT2D eigenvalue weighted by molar-refractivity contribution is 0.102. The Hall–Kier alpha value is -9.32. The van der Waals surface area contributed by atoms with Crippen molar-refractivity contribution in [2.75, 3.05) is 11.1 Å². The molecule has 400 valence electrons. The molecule has 0 atom stereocenters. The summed E-state index contributed by atoms with van der Waals surface area (Å²) in [5.74, 6) is 0.681. The number of aromatic nitrogens is 5. The first kappa shape index (κ1) is 54.3. The Balaban J connectivity index is 0.000000160. The number of alkyl halides is 1. The van der Waals surface area contributed by atoms with E-state index in [0.717, 1.165) is 48.3 Å². The van der Waals surface area contributed by atoms with Gasteiger partial charge in [0.05, 0.1) is 16.7 Å². The first-order chi connectivity index (χ1) is 40.7. The van der Waals surface area contributed by atoms with Gasteiger partial charge in [0, 0.05) is 56.6 Å². The molecule has 0 bridgehead atoms. The first-order valence-corrected chi connectivity index (χ1v) is 29.7. The number of carbonyl (C=O) groups is 1. The van der Waals surface area contributed by atoms with Crippen LogP contribution in [0.2, 0.25) is 0 Å². The molecule has 0 saturated heterocycles. The minimum atomic E-state index is 0.109. The zero-order chi connectivity index (χ0) is 56.7. The van der Waals surface area contributed by atoms with Crippen molar-refractivity contribution in [2.45, 2.75) is 0 Å². The van der Waals surface area contributed by atoms with Crippen LogP contribution in [0.3, 0.4) is 0 Å². The Morgan fingerprint density at radius 1 is 0.398 bits per heavy atom. The molecule has 0 fully saturated rings. The lowest BCUT2D eigenvalue weighted by atomic mass is 9.84. The molecule has 0 aliphatic rings. The third-order valence-corrected chi connectivity index (χ3v) is 16.0. The van der Waals surface area contributed by atoms with Gasteiger partial charge in [-0.05, 0) is 155 Å². The number of nitrogen functional groups attached to an aromatic ring is 1. The summed E-state index contributed by atoms with van der Waals surface area (Å²) in [6.07, 6.45) is 9.84. The first-order valence-electron chi connectivity index (χ1n) is 27.0. The van der Waals surface area contributed by atoms with Crippen molar-refractivity contribution >= 4 is 114 Å². The monoisotopic (exact) mass is 1260 g/mol. The highest BCUT2D eigenvalue weighted by Gasteiger charge is 2.19. The number of nitrogens with two attached hydrogens (primary N) is 1. The van der Waals surface area contributed by atoms with E-state index in [0.29, 0.717) is 11.1 Å². The molecule has 5 aromatic heterocycles. The summed E-state index contributed by atoms with van der Waals surface area (Å²) in [5, 5.41) is 10.4. The number of fused-ring (bicyclic) bond motifs is 6. The third-order valence-electron chi connectivity index (χ3n) is 14.5. The van der Waals surface area contributed by atoms with Crippen molar-refractivity contribution < 1.29 is 4.79 Å². The van der Waals surface area contributed by atoms with E-state index < -0.39 is 0 Å². The number of nitrogens with zero attached hydrogens (tertiary/aromatic N) is 5. The summed E-state index contributed by atoms with van der Waals surface area (Å²) in [4.78, 5) is 24.2. The Kier molecular flexibility index (Phi) is 16.2. The molecule has 15 rings (SSSR count). The van der Waals surface area contributed by atoms with Crippen LogP contribution in [0.4, 0.5) is 5.82 Å². The van der Waals surface area contributed by atoms with Crippen LogP contribution in [-0.2, 0) is 0 Å². The van der Waals surface area contributed by atoms with Gasteiger partial charge in [0.2, 0.25) is 0 Å². The van der Waals surface area contributed by atoms with Gasteiger partial charge < -0.3 is 14.5 Å². The Bertz CT molecular complexity index is 4710. The molecular formula is C73H51Br3N6O. The van der Waals surface area contributed by atoms with Crippen LogP contribution in [0.15, 0.2) is 295 Å². The molecule has 0 amide bonds. The second kappa shape index (κ2) is 24.8. The highest BCUT2D eigenvalue weighted by atomic mass is 79.9. The summed E-state index contributed by atoms with van der Waals surface area (Å²) in [5.41, 5.74) is 19.5. The SMILES string of the molecule is Brc1ccc(-c2cn3ccccc3n2)cc1.Nc1ccccn1.O=C(CBr)c1ccc(Br)cc1.c1ccc2cc(-c3c4ccccc4c(-c4ccc5ccccc5c4)c4cc(-c5ccc(-c6cn7ccccc7n6)cc5)ccc34)ccc2c1. The number of rotatable bonds is 7. The normalized spacial score (nSPS) is 11.0. The number of hydrogen-bond donors (Lipinski definition) is 1. The zero-order valence-corrected chi connectivity index (χ0v) is 49.5. The molecule has 0 radical (unpaired) electrons. The second-order valence-electron chi connectivity index (χ2n) is 19.8. The summed E-state index contributed by atoms with van der Waals surface area (Å²) in [6.45, 7) is 0. The smallest absolute Gasteiger partial charge is 0.173 e. The van der Waals surface area contributed by atoms with E-state index >= 15 is 0 Å². The molecule has 0 aliphatic heterocycles. The van der Waals surface area contributed by atoms with E-state index in [9.17, 15) is 4.79 Å². The molecule has 0 unspecified atom stereocenters. The van der Waals surface area contributed by atoms with Crippen LogP contribution in [0, 0.1) is 0 Å². The van der Waals surface area contributed by atoms with Crippen LogP contribution in [0.5, 0.6) is 0 Å². The minimum absolute atomic E-state index is 0.109. The number of halogens is 3. The Morgan fingerprint density at radius 3 is 1.33 bits per heavy atom. The van der Waals surface area contributed by atoms with E-state index in [2.05, 4.69) is 232 Å². The number of pyridine rings is 3. The predicted octanol–water partition coefficient (Wildman–Crippen LogP) is 20.1. The van der Waals surface area contributed by atoms with Crippen molar-refractivity contribution in [3.8, 4) is 55.9 Å².